The highest BCUT2D eigenvalue weighted by Gasteiger charge is 2.24. The molecule has 0 saturated heterocycles. The third-order valence-electron chi connectivity index (χ3n) is 3.70. The Balaban J connectivity index is 1.69. The van der Waals surface area contributed by atoms with Crippen molar-refractivity contribution >= 4 is 11.6 Å². The Bertz CT molecular complexity index is 803. The predicted octanol–water partition coefficient (Wildman–Crippen LogP) is 2.89. The van der Waals surface area contributed by atoms with Gasteiger partial charge in [-0.2, -0.15) is 0 Å². The van der Waals surface area contributed by atoms with E-state index in [0.717, 1.165) is 29.6 Å². The van der Waals surface area contributed by atoms with Gasteiger partial charge in [0.1, 0.15) is 11.3 Å². The number of fused-ring (bicyclic) bond motifs is 1. The van der Waals surface area contributed by atoms with Gasteiger partial charge >= 0.3 is 0 Å². The van der Waals surface area contributed by atoms with Gasteiger partial charge in [-0.15, -0.1) is 0 Å². The van der Waals surface area contributed by atoms with E-state index in [-0.39, 0.29) is 5.91 Å². The summed E-state index contributed by atoms with van der Waals surface area (Å²) in [5.74, 6) is -0.0811. The average molecular weight is 277 g/mol. The maximum Gasteiger partial charge on any atom is 0.271 e. The number of nitrogens with one attached hydrogen (secondary N) is 1. The van der Waals surface area contributed by atoms with E-state index in [1.807, 2.05) is 40.9 Å². The van der Waals surface area contributed by atoms with Gasteiger partial charge in [-0.1, -0.05) is 30.3 Å². The van der Waals surface area contributed by atoms with Crippen molar-refractivity contribution in [3.8, 4) is 11.1 Å². The van der Waals surface area contributed by atoms with E-state index in [1.54, 1.807) is 6.20 Å². The maximum absolute atomic E-state index is 12.0. The second kappa shape index (κ2) is 4.74. The Labute approximate surface area is 122 Å². The summed E-state index contributed by atoms with van der Waals surface area (Å²) in [7, 11) is 0. The number of nitrogens with zero attached hydrogens (tertiary/aromatic N) is 2. The van der Waals surface area contributed by atoms with Crippen LogP contribution in [-0.4, -0.2) is 21.3 Å². The lowest BCUT2D eigenvalue weighted by Crippen LogP contribution is -2.25. The summed E-state index contributed by atoms with van der Waals surface area (Å²) in [5, 5.41) is 2.96. The molecule has 2 heterocycles. The van der Waals surface area contributed by atoms with Crippen LogP contribution in [0.25, 0.3) is 16.8 Å². The Kier molecular flexibility index (Phi) is 2.74. The smallest absolute Gasteiger partial charge is 0.271 e. The maximum atomic E-state index is 12.0. The highest BCUT2D eigenvalue weighted by atomic mass is 16.2. The minimum atomic E-state index is -0.0811. The second-order valence-electron chi connectivity index (χ2n) is 5.42. The molecule has 0 radical (unpaired) electrons. The molecule has 1 aromatic carbocycles. The first-order valence-electron chi connectivity index (χ1n) is 7.15. The fourth-order valence-electron chi connectivity index (χ4n) is 2.39. The summed E-state index contributed by atoms with van der Waals surface area (Å²) in [6, 6.07) is 14.5. The first-order chi connectivity index (χ1) is 10.3. The van der Waals surface area contributed by atoms with Crippen molar-refractivity contribution in [2.24, 2.45) is 0 Å². The fraction of sp³-hybridized carbons (Fsp3) is 0.176. The third kappa shape index (κ3) is 2.40. The Morgan fingerprint density at radius 1 is 1.05 bits per heavy atom. The summed E-state index contributed by atoms with van der Waals surface area (Å²) in [5.41, 5.74) is 3.52. The SMILES string of the molecule is O=C(NC1CC1)c1cn2cc(-c3ccccc3)ccc2n1. The number of rotatable bonds is 3. The minimum absolute atomic E-state index is 0.0811. The number of pyridine rings is 1. The number of hydrogen-bond acceptors (Lipinski definition) is 2. The number of benzene rings is 1. The van der Waals surface area contributed by atoms with Gasteiger partial charge in [-0.25, -0.2) is 4.98 Å². The molecule has 1 fully saturated rings. The molecule has 2 aromatic heterocycles. The molecule has 4 heteroatoms. The van der Waals surface area contributed by atoms with Crippen LogP contribution < -0.4 is 5.32 Å². The Morgan fingerprint density at radius 3 is 2.62 bits per heavy atom. The van der Waals surface area contributed by atoms with E-state index >= 15 is 0 Å². The lowest BCUT2D eigenvalue weighted by atomic mass is 10.1. The molecule has 21 heavy (non-hydrogen) atoms. The molecule has 104 valence electrons. The van der Waals surface area contributed by atoms with Crippen LogP contribution in [0.15, 0.2) is 54.9 Å². The van der Waals surface area contributed by atoms with E-state index in [4.69, 9.17) is 0 Å². The van der Waals surface area contributed by atoms with Crippen LogP contribution in [0.5, 0.6) is 0 Å². The van der Waals surface area contributed by atoms with Gasteiger partial charge in [-0.3, -0.25) is 4.79 Å². The zero-order valence-corrected chi connectivity index (χ0v) is 11.5. The molecule has 1 aliphatic rings. The second-order valence-corrected chi connectivity index (χ2v) is 5.42. The van der Waals surface area contributed by atoms with Gasteiger partial charge in [0.25, 0.3) is 5.91 Å². The van der Waals surface area contributed by atoms with Crippen LogP contribution in [0.4, 0.5) is 0 Å². The van der Waals surface area contributed by atoms with E-state index < -0.39 is 0 Å². The lowest BCUT2D eigenvalue weighted by Gasteiger charge is -2.01. The summed E-state index contributed by atoms with van der Waals surface area (Å²) >= 11 is 0. The zero-order chi connectivity index (χ0) is 14.2. The Hall–Kier alpha value is -2.62. The number of carbonyl (C=O) groups is 1. The fourth-order valence-corrected chi connectivity index (χ4v) is 2.39. The largest absolute Gasteiger partial charge is 0.348 e. The quantitative estimate of drug-likeness (QED) is 0.800. The minimum Gasteiger partial charge on any atom is -0.348 e. The zero-order valence-electron chi connectivity index (χ0n) is 11.5. The van der Waals surface area contributed by atoms with Crippen molar-refractivity contribution in [1.29, 1.82) is 0 Å². The molecule has 1 saturated carbocycles. The third-order valence-corrected chi connectivity index (χ3v) is 3.70. The van der Waals surface area contributed by atoms with E-state index in [0.29, 0.717) is 11.7 Å². The molecule has 0 unspecified atom stereocenters. The monoisotopic (exact) mass is 277 g/mol. The van der Waals surface area contributed by atoms with Gasteiger partial charge in [0.15, 0.2) is 0 Å². The van der Waals surface area contributed by atoms with Crippen LogP contribution in [0.1, 0.15) is 23.3 Å². The summed E-state index contributed by atoms with van der Waals surface area (Å²) in [6.07, 6.45) is 5.96. The normalized spacial score (nSPS) is 14.3. The van der Waals surface area contributed by atoms with Crippen molar-refractivity contribution in [3.63, 3.8) is 0 Å². The average Bonchev–Trinajstić information content (AvgIpc) is 3.23. The van der Waals surface area contributed by atoms with Crippen molar-refractivity contribution in [3.05, 3.63) is 60.6 Å². The molecule has 1 N–H and O–H groups in total. The van der Waals surface area contributed by atoms with Crippen molar-refractivity contribution in [2.45, 2.75) is 18.9 Å². The first kappa shape index (κ1) is 12.1. The van der Waals surface area contributed by atoms with Crippen LogP contribution in [0.3, 0.4) is 0 Å². The standard InChI is InChI=1S/C17H15N3O/c21-17(18-14-7-8-14)15-11-20-10-13(6-9-16(20)19-15)12-4-2-1-3-5-12/h1-6,9-11,14H,7-8H2,(H,18,21). The van der Waals surface area contributed by atoms with E-state index in [9.17, 15) is 4.79 Å². The van der Waals surface area contributed by atoms with Gasteiger partial charge in [0.2, 0.25) is 0 Å². The molecule has 0 spiro atoms. The summed E-state index contributed by atoms with van der Waals surface area (Å²) < 4.78 is 1.91. The summed E-state index contributed by atoms with van der Waals surface area (Å²) in [6.45, 7) is 0. The van der Waals surface area contributed by atoms with Gasteiger partial charge in [0, 0.05) is 18.4 Å². The number of amides is 1. The van der Waals surface area contributed by atoms with Gasteiger partial charge < -0.3 is 9.72 Å². The molecule has 0 atom stereocenters. The lowest BCUT2D eigenvalue weighted by molar-refractivity contribution is 0.0946. The Morgan fingerprint density at radius 2 is 1.86 bits per heavy atom. The number of carbonyl (C=O) groups excluding carboxylic acids is 1. The molecule has 1 aliphatic carbocycles. The molecule has 0 bridgehead atoms. The molecular formula is C17H15N3O. The van der Waals surface area contributed by atoms with Gasteiger partial charge in [0.05, 0.1) is 0 Å². The van der Waals surface area contributed by atoms with Crippen LogP contribution in [-0.2, 0) is 0 Å². The number of aromatic nitrogens is 2. The molecule has 4 rings (SSSR count). The van der Waals surface area contributed by atoms with Crippen molar-refractivity contribution in [1.82, 2.24) is 14.7 Å². The molecule has 4 nitrogen and oxygen atoms in total. The number of imidazole rings is 1. The van der Waals surface area contributed by atoms with Crippen molar-refractivity contribution in [2.75, 3.05) is 0 Å². The van der Waals surface area contributed by atoms with Crippen LogP contribution >= 0.6 is 0 Å². The van der Waals surface area contributed by atoms with Crippen LogP contribution in [0, 0.1) is 0 Å². The highest BCUT2D eigenvalue weighted by molar-refractivity contribution is 5.93. The molecular weight excluding hydrogens is 262 g/mol. The van der Waals surface area contributed by atoms with E-state index in [1.165, 1.54) is 0 Å². The molecule has 1 amide bonds. The number of hydrogen-bond donors (Lipinski definition) is 1. The highest BCUT2D eigenvalue weighted by Crippen LogP contribution is 2.21. The molecule has 0 aliphatic heterocycles. The van der Waals surface area contributed by atoms with E-state index in [2.05, 4.69) is 22.4 Å². The van der Waals surface area contributed by atoms with Gasteiger partial charge in [-0.05, 0) is 36.1 Å². The summed E-state index contributed by atoms with van der Waals surface area (Å²) in [4.78, 5) is 16.4. The predicted molar refractivity (Wildman–Crippen MR) is 81.1 cm³/mol. The first-order valence-corrected chi connectivity index (χ1v) is 7.15. The van der Waals surface area contributed by atoms with Crippen molar-refractivity contribution < 1.29 is 4.79 Å². The molecule has 3 aromatic rings. The topological polar surface area (TPSA) is 46.4 Å². The van der Waals surface area contributed by atoms with Crippen LogP contribution in [0.2, 0.25) is 0 Å².